The van der Waals surface area contributed by atoms with Crippen molar-refractivity contribution < 1.29 is 10.2 Å². The fourth-order valence-corrected chi connectivity index (χ4v) is 2.64. The molecule has 0 saturated carbocycles. The number of aliphatic hydroxyl groups is 2. The highest BCUT2D eigenvalue weighted by molar-refractivity contribution is 8.00. The summed E-state index contributed by atoms with van der Waals surface area (Å²) in [6, 6.07) is 0. The third-order valence-electron chi connectivity index (χ3n) is 2.26. The van der Waals surface area contributed by atoms with E-state index in [1.165, 1.54) is 12.8 Å². The topological polar surface area (TPSA) is 40.5 Å². The van der Waals surface area contributed by atoms with Crippen LogP contribution in [-0.2, 0) is 0 Å². The Morgan fingerprint density at radius 2 is 1.82 bits per heavy atom. The normalized spacial score (nSPS) is 24.5. The molecule has 0 amide bonds. The maximum atomic E-state index is 9.09. The van der Waals surface area contributed by atoms with E-state index in [1.54, 1.807) is 11.8 Å². The van der Waals surface area contributed by atoms with Crippen LogP contribution >= 0.6 is 11.8 Å². The van der Waals surface area contributed by atoms with Crippen molar-refractivity contribution in [3.8, 4) is 0 Å². The van der Waals surface area contributed by atoms with Crippen molar-refractivity contribution in [2.45, 2.75) is 30.4 Å². The number of hydrogen-bond acceptors (Lipinski definition) is 3. The third kappa shape index (κ3) is 2.36. The predicted molar refractivity (Wildman–Crippen MR) is 47.8 cm³/mol. The third-order valence-corrected chi connectivity index (χ3v) is 3.83. The average Bonchev–Trinajstić information content (AvgIpc) is 2.30. The first-order valence-corrected chi connectivity index (χ1v) is 5.17. The van der Waals surface area contributed by atoms with Crippen LogP contribution in [-0.4, -0.2) is 33.9 Å². The summed E-state index contributed by atoms with van der Waals surface area (Å²) in [5, 5.41) is 18.2. The van der Waals surface area contributed by atoms with Crippen molar-refractivity contribution in [3.63, 3.8) is 0 Å². The van der Waals surface area contributed by atoms with Gasteiger partial charge in [0.1, 0.15) is 0 Å². The quantitative estimate of drug-likeness (QED) is 0.660. The summed E-state index contributed by atoms with van der Waals surface area (Å²) < 4.78 is -0.226. The summed E-state index contributed by atoms with van der Waals surface area (Å²) in [5.41, 5.74) is 0. The monoisotopic (exact) mass is 176 g/mol. The van der Waals surface area contributed by atoms with Gasteiger partial charge in [-0.1, -0.05) is 12.8 Å². The number of hydrogen-bond donors (Lipinski definition) is 2. The van der Waals surface area contributed by atoms with E-state index in [0.29, 0.717) is 0 Å². The Morgan fingerprint density at radius 3 is 2.45 bits per heavy atom. The van der Waals surface area contributed by atoms with Crippen LogP contribution in [0.1, 0.15) is 25.7 Å². The molecule has 0 aliphatic carbocycles. The molecule has 0 aromatic heterocycles. The standard InChI is InChI=1S/C8H16O2S/c9-6-8(7-10)4-2-1-3-5-11-8/h9-10H,1-7H2. The largest absolute Gasteiger partial charge is 0.395 e. The molecule has 3 heteroatoms. The minimum absolute atomic E-state index is 0.119. The van der Waals surface area contributed by atoms with Crippen LogP contribution in [0.25, 0.3) is 0 Å². The number of thioether (sulfide) groups is 1. The van der Waals surface area contributed by atoms with Crippen molar-refractivity contribution in [3.05, 3.63) is 0 Å². The van der Waals surface area contributed by atoms with Gasteiger partial charge in [-0.15, -0.1) is 0 Å². The van der Waals surface area contributed by atoms with Crippen LogP contribution in [0.3, 0.4) is 0 Å². The van der Waals surface area contributed by atoms with Gasteiger partial charge in [-0.3, -0.25) is 0 Å². The average molecular weight is 176 g/mol. The zero-order valence-electron chi connectivity index (χ0n) is 6.75. The SMILES string of the molecule is OCC1(CO)CCCCCS1. The minimum Gasteiger partial charge on any atom is -0.395 e. The molecule has 0 aromatic carbocycles. The van der Waals surface area contributed by atoms with E-state index in [4.69, 9.17) is 10.2 Å². The number of rotatable bonds is 2. The van der Waals surface area contributed by atoms with Gasteiger partial charge in [-0.25, -0.2) is 0 Å². The first kappa shape index (κ1) is 9.36. The lowest BCUT2D eigenvalue weighted by molar-refractivity contribution is 0.166. The van der Waals surface area contributed by atoms with Crippen LogP contribution in [0.5, 0.6) is 0 Å². The minimum atomic E-state index is -0.226. The molecule has 2 nitrogen and oxygen atoms in total. The second-order valence-electron chi connectivity index (χ2n) is 3.16. The lowest BCUT2D eigenvalue weighted by Crippen LogP contribution is -2.33. The van der Waals surface area contributed by atoms with Crippen LogP contribution < -0.4 is 0 Å². The highest BCUT2D eigenvalue weighted by Gasteiger charge is 2.29. The highest BCUT2D eigenvalue weighted by Crippen LogP contribution is 2.34. The maximum Gasteiger partial charge on any atom is 0.0620 e. The van der Waals surface area contributed by atoms with Gasteiger partial charge in [-0.2, -0.15) is 11.8 Å². The van der Waals surface area contributed by atoms with E-state index in [9.17, 15) is 0 Å². The van der Waals surface area contributed by atoms with E-state index >= 15 is 0 Å². The molecule has 2 N–H and O–H groups in total. The Morgan fingerprint density at radius 1 is 1.09 bits per heavy atom. The van der Waals surface area contributed by atoms with Crippen molar-refractivity contribution in [2.75, 3.05) is 19.0 Å². The molecule has 0 aromatic rings. The zero-order valence-corrected chi connectivity index (χ0v) is 7.57. The summed E-state index contributed by atoms with van der Waals surface area (Å²) in [4.78, 5) is 0. The van der Waals surface area contributed by atoms with Crippen LogP contribution in [0.4, 0.5) is 0 Å². The Hall–Kier alpha value is 0.270. The smallest absolute Gasteiger partial charge is 0.0620 e. The molecule has 0 atom stereocenters. The van der Waals surface area contributed by atoms with Gasteiger partial charge in [0.05, 0.1) is 18.0 Å². The molecule has 1 heterocycles. The first-order valence-electron chi connectivity index (χ1n) is 4.19. The molecule has 1 fully saturated rings. The van der Waals surface area contributed by atoms with E-state index < -0.39 is 0 Å². The summed E-state index contributed by atoms with van der Waals surface area (Å²) in [6.07, 6.45) is 4.58. The van der Waals surface area contributed by atoms with Gasteiger partial charge in [-0.05, 0) is 18.6 Å². The molecule has 1 rings (SSSR count). The first-order chi connectivity index (χ1) is 5.33. The van der Waals surface area contributed by atoms with Gasteiger partial charge in [0, 0.05) is 0 Å². The van der Waals surface area contributed by atoms with E-state index in [0.717, 1.165) is 18.6 Å². The number of aliphatic hydroxyl groups excluding tert-OH is 2. The van der Waals surface area contributed by atoms with Gasteiger partial charge >= 0.3 is 0 Å². The van der Waals surface area contributed by atoms with Gasteiger partial charge in [0.2, 0.25) is 0 Å². The Labute approximate surface area is 72.0 Å². The molecular weight excluding hydrogens is 160 g/mol. The zero-order chi connectivity index (χ0) is 8.16. The van der Waals surface area contributed by atoms with E-state index in [2.05, 4.69) is 0 Å². The lowest BCUT2D eigenvalue weighted by atomic mass is 10.0. The van der Waals surface area contributed by atoms with Crippen LogP contribution in [0.15, 0.2) is 0 Å². The fraction of sp³-hybridized carbons (Fsp3) is 1.00. The highest BCUT2D eigenvalue weighted by atomic mass is 32.2. The fourth-order valence-electron chi connectivity index (χ4n) is 1.39. The molecule has 0 spiro atoms. The molecule has 1 aliphatic heterocycles. The summed E-state index contributed by atoms with van der Waals surface area (Å²) in [5.74, 6) is 1.08. The second-order valence-corrected chi connectivity index (χ2v) is 4.72. The Bertz CT molecular complexity index is 103. The summed E-state index contributed by atoms with van der Waals surface area (Å²) in [6.45, 7) is 0.238. The van der Waals surface area contributed by atoms with Crippen LogP contribution in [0.2, 0.25) is 0 Å². The molecule has 0 radical (unpaired) electrons. The van der Waals surface area contributed by atoms with Crippen molar-refractivity contribution >= 4 is 11.8 Å². The maximum absolute atomic E-state index is 9.09. The van der Waals surface area contributed by atoms with Gasteiger partial charge < -0.3 is 10.2 Å². The lowest BCUT2D eigenvalue weighted by Gasteiger charge is -2.26. The molecule has 0 bridgehead atoms. The molecule has 11 heavy (non-hydrogen) atoms. The Kier molecular flexibility index (Phi) is 3.69. The molecule has 0 unspecified atom stereocenters. The van der Waals surface area contributed by atoms with Crippen molar-refractivity contribution in [1.29, 1.82) is 0 Å². The second kappa shape index (κ2) is 4.33. The summed E-state index contributed by atoms with van der Waals surface area (Å²) >= 11 is 1.73. The molecule has 1 aliphatic rings. The molecule has 1 saturated heterocycles. The Balaban J connectivity index is 2.49. The van der Waals surface area contributed by atoms with Crippen molar-refractivity contribution in [2.24, 2.45) is 0 Å². The van der Waals surface area contributed by atoms with Crippen molar-refractivity contribution in [1.82, 2.24) is 0 Å². The van der Waals surface area contributed by atoms with Gasteiger partial charge in [0.15, 0.2) is 0 Å². The summed E-state index contributed by atoms with van der Waals surface area (Å²) in [7, 11) is 0. The van der Waals surface area contributed by atoms with Gasteiger partial charge in [0.25, 0.3) is 0 Å². The van der Waals surface area contributed by atoms with Crippen LogP contribution in [0, 0.1) is 0 Å². The van der Waals surface area contributed by atoms with E-state index in [1.807, 2.05) is 0 Å². The predicted octanol–water partition coefficient (Wildman–Crippen LogP) is 1.02. The van der Waals surface area contributed by atoms with E-state index in [-0.39, 0.29) is 18.0 Å². The molecule has 66 valence electrons. The molecular formula is C8H16O2S.